The lowest BCUT2D eigenvalue weighted by atomic mass is 10.2. The first-order valence-corrected chi connectivity index (χ1v) is 6.41. The molecule has 0 bridgehead atoms. The first-order valence-electron chi connectivity index (χ1n) is 5.60. The Labute approximate surface area is 115 Å². The molecule has 100 valence electrons. The Kier molecular flexibility index (Phi) is 4.01. The molecule has 0 aliphatic carbocycles. The second kappa shape index (κ2) is 5.71. The number of benzene rings is 1. The highest BCUT2D eigenvalue weighted by atomic mass is 32.1. The Balaban J connectivity index is 2.17. The molecule has 0 fully saturated rings. The first kappa shape index (κ1) is 13.4. The number of aromatic nitrogens is 1. The van der Waals surface area contributed by atoms with Gasteiger partial charge < -0.3 is 14.8 Å². The lowest BCUT2D eigenvalue weighted by molar-refractivity contribution is 0.103. The molecule has 1 heterocycles. The number of carbonyl (C=O) groups is 1. The number of aryl methyl sites for hydroxylation is 1. The highest BCUT2D eigenvalue weighted by Gasteiger charge is 2.11. The minimum atomic E-state index is -0.183. The molecule has 0 aliphatic heterocycles. The van der Waals surface area contributed by atoms with Crippen LogP contribution in [0.3, 0.4) is 0 Å². The number of methoxy groups -OCH3 is 2. The van der Waals surface area contributed by atoms with Crippen LogP contribution in [0.2, 0.25) is 0 Å². The van der Waals surface area contributed by atoms with E-state index in [0.29, 0.717) is 22.1 Å². The maximum absolute atomic E-state index is 12.0. The predicted octanol–water partition coefficient (Wildman–Crippen LogP) is 2.72. The molecule has 0 aliphatic rings. The van der Waals surface area contributed by atoms with E-state index in [1.807, 2.05) is 6.92 Å². The van der Waals surface area contributed by atoms with Crippen molar-refractivity contribution >= 4 is 22.9 Å². The van der Waals surface area contributed by atoms with E-state index < -0.39 is 0 Å². The number of carbonyl (C=O) groups excluding carboxylic acids is 1. The van der Waals surface area contributed by atoms with Crippen molar-refractivity contribution in [3.63, 3.8) is 0 Å². The van der Waals surface area contributed by atoms with Crippen LogP contribution in [-0.4, -0.2) is 25.1 Å². The van der Waals surface area contributed by atoms with E-state index in [2.05, 4.69) is 10.3 Å². The monoisotopic (exact) mass is 278 g/mol. The van der Waals surface area contributed by atoms with Crippen LogP contribution < -0.4 is 14.8 Å². The van der Waals surface area contributed by atoms with Crippen molar-refractivity contribution in [2.45, 2.75) is 6.92 Å². The molecule has 6 heteroatoms. The number of amides is 1. The standard InChI is InChI=1S/C13H14N2O3S/c1-8-14-7-12(19-8)13(16)15-9-4-5-10(17-2)11(6-9)18-3/h4-7H,1-3H3,(H,15,16). The third kappa shape index (κ3) is 3.03. The fraction of sp³-hybridized carbons (Fsp3) is 0.231. The lowest BCUT2D eigenvalue weighted by Crippen LogP contribution is -2.10. The van der Waals surface area contributed by atoms with Gasteiger partial charge in [-0.3, -0.25) is 4.79 Å². The largest absolute Gasteiger partial charge is 0.493 e. The number of anilines is 1. The average Bonchev–Trinajstić information content (AvgIpc) is 2.85. The summed E-state index contributed by atoms with van der Waals surface area (Å²) in [7, 11) is 3.12. The van der Waals surface area contributed by atoms with Gasteiger partial charge in [0.2, 0.25) is 0 Å². The summed E-state index contributed by atoms with van der Waals surface area (Å²) in [5.41, 5.74) is 0.647. The summed E-state index contributed by atoms with van der Waals surface area (Å²) in [6.45, 7) is 1.86. The molecule has 0 saturated heterocycles. The van der Waals surface area contributed by atoms with Crippen LogP contribution in [-0.2, 0) is 0 Å². The van der Waals surface area contributed by atoms with E-state index in [9.17, 15) is 4.79 Å². The molecule has 2 aromatic rings. The lowest BCUT2D eigenvalue weighted by Gasteiger charge is -2.09. The third-order valence-electron chi connectivity index (χ3n) is 2.49. The first-order chi connectivity index (χ1) is 9.13. The zero-order valence-corrected chi connectivity index (χ0v) is 11.7. The van der Waals surface area contributed by atoms with Crippen LogP contribution in [0.4, 0.5) is 5.69 Å². The van der Waals surface area contributed by atoms with Crippen molar-refractivity contribution in [3.05, 3.63) is 34.3 Å². The van der Waals surface area contributed by atoms with Gasteiger partial charge in [0.1, 0.15) is 4.88 Å². The molecule has 0 spiro atoms. The van der Waals surface area contributed by atoms with E-state index in [4.69, 9.17) is 9.47 Å². The summed E-state index contributed by atoms with van der Waals surface area (Å²) in [5, 5.41) is 3.65. The van der Waals surface area contributed by atoms with E-state index >= 15 is 0 Å². The molecular weight excluding hydrogens is 264 g/mol. The topological polar surface area (TPSA) is 60.5 Å². The Morgan fingerprint density at radius 1 is 1.26 bits per heavy atom. The van der Waals surface area contributed by atoms with Gasteiger partial charge in [0, 0.05) is 11.8 Å². The van der Waals surface area contributed by atoms with Gasteiger partial charge in [0.05, 0.1) is 25.4 Å². The van der Waals surface area contributed by atoms with E-state index in [-0.39, 0.29) is 5.91 Å². The molecule has 0 saturated carbocycles. The third-order valence-corrected chi connectivity index (χ3v) is 3.40. The summed E-state index contributed by atoms with van der Waals surface area (Å²) in [6, 6.07) is 5.21. The van der Waals surface area contributed by atoms with Crippen LogP contribution in [0.5, 0.6) is 11.5 Å². The Morgan fingerprint density at radius 2 is 2.00 bits per heavy atom. The number of nitrogens with zero attached hydrogens (tertiary/aromatic N) is 1. The van der Waals surface area contributed by atoms with Crippen LogP contribution in [0.15, 0.2) is 24.4 Å². The van der Waals surface area contributed by atoms with Crippen LogP contribution in [0.1, 0.15) is 14.7 Å². The molecule has 5 nitrogen and oxygen atoms in total. The molecule has 0 radical (unpaired) electrons. The second-order valence-corrected chi connectivity index (χ2v) is 5.00. The summed E-state index contributed by atoms with van der Waals surface area (Å²) in [4.78, 5) is 16.6. The fourth-order valence-electron chi connectivity index (χ4n) is 1.57. The van der Waals surface area contributed by atoms with Crippen molar-refractivity contribution < 1.29 is 14.3 Å². The minimum Gasteiger partial charge on any atom is -0.493 e. The maximum atomic E-state index is 12.0. The molecular formula is C13H14N2O3S. The van der Waals surface area contributed by atoms with Crippen molar-refractivity contribution in [3.8, 4) is 11.5 Å². The SMILES string of the molecule is COc1ccc(NC(=O)c2cnc(C)s2)cc1OC. The predicted molar refractivity (Wildman–Crippen MR) is 74.4 cm³/mol. The zero-order chi connectivity index (χ0) is 13.8. The Morgan fingerprint density at radius 3 is 2.58 bits per heavy atom. The van der Waals surface area contributed by atoms with Crippen LogP contribution >= 0.6 is 11.3 Å². The smallest absolute Gasteiger partial charge is 0.267 e. The number of rotatable bonds is 4. The molecule has 1 N–H and O–H groups in total. The zero-order valence-electron chi connectivity index (χ0n) is 10.9. The van der Waals surface area contributed by atoms with E-state index in [1.54, 1.807) is 38.6 Å². The summed E-state index contributed by atoms with van der Waals surface area (Å²) < 4.78 is 10.3. The van der Waals surface area contributed by atoms with E-state index in [1.165, 1.54) is 11.3 Å². The average molecular weight is 278 g/mol. The Hall–Kier alpha value is -2.08. The van der Waals surface area contributed by atoms with Crippen LogP contribution in [0, 0.1) is 6.92 Å². The van der Waals surface area contributed by atoms with Crippen LogP contribution in [0.25, 0.3) is 0 Å². The van der Waals surface area contributed by atoms with Gasteiger partial charge in [-0.15, -0.1) is 11.3 Å². The Bertz CT molecular complexity index is 595. The highest BCUT2D eigenvalue weighted by Crippen LogP contribution is 2.30. The van der Waals surface area contributed by atoms with Gasteiger partial charge in [-0.2, -0.15) is 0 Å². The number of nitrogens with one attached hydrogen (secondary N) is 1. The minimum absolute atomic E-state index is 0.183. The van der Waals surface area contributed by atoms with Crippen molar-refractivity contribution in [1.29, 1.82) is 0 Å². The molecule has 0 unspecified atom stereocenters. The maximum Gasteiger partial charge on any atom is 0.267 e. The summed E-state index contributed by atoms with van der Waals surface area (Å²) in [5.74, 6) is 1.01. The van der Waals surface area contributed by atoms with Gasteiger partial charge in [0.15, 0.2) is 11.5 Å². The van der Waals surface area contributed by atoms with E-state index in [0.717, 1.165) is 5.01 Å². The van der Waals surface area contributed by atoms with Crippen molar-refractivity contribution in [2.75, 3.05) is 19.5 Å². The molecule has 1 aromatic carbocycles. The van der Waals surface area contributed by atoms with Gasteiger partial charge >= 0.3 is 0 Å². The number of thiazole rings is 1. The number of hydrogen-bond acceptors (Lipinski definition) is 5. The highest BCUT2D eigenvalue weighted by molar-refractivity contribution is 7.13. The van der Waals surface area contributed by atoms with Crippen molar-refractivity contribution in [1.82, 2.24) is 4.98 Å². The molecule has 2 rings (SSSR count). The second-order valence-electron chi connectivity index (χ2n) is 3.77. The number of ether oxygens (including phenoxy) is 2. The molecule has 1 aromatic heterocycles. The summed E-state index contributed by atoms with van der Waals surface area (Å²) in [6.07, 6.45) is 1.57. The molecule has 0 atom stereocenters. The van der Waals surface area contributed by atoms with Crippen molar-refractivity contribution in [2.24, 2.45) is 0 Å². The molecule has 1 amide bonds. The van der Waals surface area contributed by atoms with Gasteiger partial charge in [-0.25, -0.2) is 4.98 Å². The van der Waals surface area contributed by atoms with Gasteiger partial charge in [0.25, 0.3) is 5.91 Å². The fourth-order valence-corrected chi connectivity index (χ4v) is 2.25. The quantitative estimate of drug-likeness (QED) is 0.934. The number of hydrogen-bond donors (Lipinski definition) is 1. The normalized spacial score (nSPS) is 10.1. The molecule has 19 heavy (non-hydrogen) atoms. The van der Waals surface area contributed by atoms with Gasteiger partial charge in [-0.05, 0) is 19.1 Å². The van der Waals surface area contributed by atoms with Gasteiger partial charge in [-0.1, -0.05) is 0 Å². The summed E-state index contributed by atoms with van der Waals surface area (Å²) >= 11 is 1.35.